The fraction of sp³-hybridized carbons (Fsp3) is 0.312. The largest absolute Gasteiger partial charge is 0.350 e. The van der Waals surface area contributed by atoms with Gasteiger partial charge in [-0.05, 0) is 36.4 Å². The van der Waals surface area contributed by atoms with Gasteiger partial charge in [-0.15, -0.1) is 5.10 Å². The summed E-state index contributed by atoms with van der Waals surface area (Å²) in [7, 11) is 0. The molecule has 1 aromatic carbocycles. The van der Waals surface area contributed by atoms with Gasteiger partial charge in [0.05, 0.1) is 23.8 Å². The number of aromatic nitrogens is 6. The molecule has 1 N–H and O–H groups in total. The van der Waals surface area contributed by atoms with Crippen LogP contribution in [0.4, 0.5) is 0 Å². The number of hydrogen-bond donors (Lipinski definition) is 1. The number of carbonyl (C=O) groups excluding carboxylic acids is 1. The van der Waals surface area contributed by atoms with Crippen molar-refractivity contribution in [1.82, 2.24) is 35.3 Å². The molecule has 2 heterocycles. The Morgan fingerprint density at radius 3 is 2.92 bits per heavy atom. The molecule has 0 saturated carbocycles. The summed E-state index contributed by atoms with van der Waals surface area (Å²) in [6.07, 6.45) is 3.27. The summed E-state index contributed by atoms with van der Waals surface area (Å²) in [5.41, 5.74) is 1.35. The average Bonchev–Trinajstić information content (AvgIpc) is 3.24. The molecule has 0 aliphatic rings. The predicted molar refractivity (Wildman–Crippen MR) is 93.2 cm³/mol. The number of rotatable bonds is 6. The summed E-state index contributed by atoms with van der Waals surface area (Å²) >= 11 is 5.81. The molecule has 0 saturated heterocycles. The molecule has 9 heteroatoms. The maximum atomic E-state index is 12.4. The Labute approximate surface area is 149 Å². The Balaban J connectivity index is 1.68. The normalized spacial score (nSPS) is 11.0. The lowest BCUT2D eigenvalue weighted by Crippen LogP contribution is -2.27. The third-order valence-electron chi connectivity index (χ3n) is 3.59. The molecule has 0 atom stereocenters. The molecule has 0 spiro atoms. The van der Waals surface area contributed by atoms with Gasteiger partial charge in [-0.2, -0.15) is 5.10 Å². The number of halogens is 1. The summed E-state index contributed by atoms with van der Waals surface area (Å²) in [5, 5.41) is 19.3. The minimum atomic E-state index is -0.163. The highest BCUT2D eigenvalue weighted by Crippen LogP contribution is 2.20. The van der Waals surface area contributed by atoms with Gasteiger partial charge in [-0.3, -0.25) is 9.48 Å². The van der Waals surface area contributed by atoms with Gasteiger partial charge in [0.25, 0.3) is 5.91 Å². The highest BCUT2D eigenvalue weighted by Gasteiger charge is 2.13. The van der Waals surface area contributed by atoms with Gasteiger partial charge in [0.15, 0.2) is 5.82 Å². The zero-order chi connectivity index (χ0) is 17.8. The minimum absolute atomic E-state index is 0.128. The number of nitrogens with zero attached hydrogens (tertiary/aromatic N) is 6. The smallest absolute Gasteiger partial charge is 0.251 e. The third kappa shape index (κ3) is 4.03. The third-order valence-corrected chi connectivity index (χ3v) is 3.79. The van der Waals surface area contributed by atoms with E-state index in [1.54, 1.807) is 33.9 Å². The molecule has 0 fully saturated rings. The van der Waals surface area contributed by atoms with Crippen LogP contribution >= 0.6 is 11.6 Å². The van der Waals surface area contributed by atoms with E-state index in [2.05, 4.69) is 25.9 Å². The fourth-order valence-corrected chi connectivity index (χ4v) is 2.53. The Bertz CT molecular complexity index is 871. The van der Waals surface area contributed by atoms with Crippen LogP contribution in [-0.2, 0) is 6.54 Å². The van der Waals surface area contributed by atoms with Crippen LogP contribution in [0.1, 0.15) is 30.2 Å². The first-order chi connectivity index (χ1) is 12.0. The van der Waals surface area contributed by atoms with Crippen LogP contribution in [-0.4, -0.2) is 42.4 Å². The van der Waals surface area contributed by atoms with Crippen molar-refractivity contribution < 1.29 is 4.79 Å². The molecule has 0 unspecified atom stereocenters. The van der Waals surface area contributed by atoms with Gasteiger partial charge in [0, 0.05) is 23.9 Å². The second-order valence-corrected chi connectivity index (χ2v) is 6.24. The van der Waals surface area contributed by atoms with Crippen molar-refractivity contribution in [3.63, 3.8) is 0 Å². The molecular formula is C16H18ClN7O. The first-order valence-corrected chi connectivity index (χ1v) is 8.27. The predicted octanol–water partition coefficient (Wildman–Crippen LogP) is 2.20. The first kappa shape index (κ1) is 17.1. The van der Waals surface area contributed by atoms with Crippen molar-refractivity contribution in [2.45, 2.75) is 26.4 Å². The minimum Gasteiger partial charge on any atom is -0.350 e. The van der Waals surface area contributed by atoms with Crippen LogP contribution in [0, 0.1) is 0 Å². The molecule has 3 aromatic rings. The molecule has 0 radical (unpaired) electrons. The van der Waals surface area contributed by atoms with Crippen LogP contribution in [0.5, 0.6) is 0 Å². The van der Waals surface area contributed by atoms with Gasteiger partial charge >= 0.3 is 0 Å². The number of tetrazole rings is 1. The molecule has 0 aliphatic carbocycles. The Kier molecular flexibility index (Phi) is 5.08. The average molecular weight is 360 g/mol. The lowest BCUT2D eigenvalue weighted by Gasteiger charge is -2.09. The molecular weight excluding hydrogens is 342 g/mol. The standard InChI is InChI=1S/C16H18ClN7O/c1-11(2)24-15(20-21-22-24)12-4-3-5-13(8-12)16(25)18-6-7-23-10-14(17)9-19-23/h3-5,8-11H,6-7H2,1-2H3,(H,18,25). The summed E-state index contributed by atoms with van der Waals surface area (Å²) in [4.78, 5) is 12.4. The number of hydrogen-bond acceptors (Lipinski definition) is 5. The summed E-state index contributed by atoms with van der Waals surface area (Å²) in [6, 6.07) is 7.37. The monoisotopic (exact) mass is 359 g/mol. The zero-order valence-corrected chi connectivity index (χ0v) is 14.7. The molecule has 130 valence electrons. The molecule has 0 bridgehead atoms. The van der Waals surface area contributed by atoms with Crippen molar-refractivity contribution in [2.24, 2.45) is 0 Å². The van der Waals surface area contributed by atoms with Crippen molar-refractivity contribution in [1.29, 1.82) is 0 Å². The van der Waals surface area contributed by atoms with E-state index in [1.807, 2.05) is 26.0 Å². The quantitative estimate of drug-likeness (QED) is 0.728. The van der Waals surface area contributed by atoms with Crippen LogP contribution in [0.3, 0.4) is 0 Å². The van der Waals surface area contributed by atoms with E-state index in [9.17, 15) is 4.79 Å². The highest BCUT2D eigenvalue weighted by molar-refractivity contribution is 6.30. The molecule has 8 nitrogen and oxygen atoms in total. The van der Waals surface area contributed by atoms with E-state index in [0.29, 0.717) is 29.5 Å². The van der Waals surface area contributed by atoms with Crippen LogP contribution in [0.15, 0.2) is 36.7 Å². The Morgan fingerprint density at radius 2 is 2.20 bits per heavy atom. The molecule has 3 rings (SSSR count). The molecule has 1 amide bonds. The van der Waals surface area contributed by atoms with Crippen LogP contribution in [0.2, 0.25) is 5.02 Å². The molecule has 25 heavy (non-hydrogen) atoms. The van der Waals surface area contributed by atoms with E-state index in [-0.39, 0.29) is 11.9 Å². The fourth-order valence-electron chi connectivity index (χ4n) is 2.38. The SMILES string of the molecule is CC(C)n1nnnc1-c1cccc(C(=O)NCCn2cc(Cl)cn2)c1. The van der Waals surface area contributed by atoms with Gasteiger partial charge in [0.2, 0.25) is 0 Å². The van der Waals surface area contributed by atoms with Crippen molar-refractivity contribution in [2.75, 3.05) is 6.54 Å². The lowest BCUT2D eigenvalue weighted by molar-refractivity contribution is 0.0952. The van der Waals surface area contributed by atoms with Crippen molar-refractivity contribution >= 4 is 17.5 Å². The van der Waals surface area contributed by atoms with Gasteiger partial charge in [-0.1, -0.05) is 23.7 Å². The maximum absolute atomic E-state index is 12.4. The number of carbonyl (C=O) groups is 1. The summed E-state index contributed by atoms with van der Waals surface area (Å²) < 4.78 is 3.40. The van der Waals surface area contributed by atoms with E-state index in [4.69, 9.17) is 11.6 Å². The molecule has 0 aliphatic heterocycles. The molecule has 2 aromatic heterocycles. The summed E-state index contributed by atoms with van der Waals surface area (Å²) in [5.74, 6) is 0.472. The Hall–Kier alpha value is -2.74. The van der Waals surface area contributed by atoms with Gasteiger partial charge in [-0.25, -0.2) is 4.68 Å². The highest BCUT2D eigenvalue weighted by atomic mass is 35.5. The first-order valence-electron chi connectivity index (χ1n) is 7.89. The van der Waals surface area contributed by atoms with Crippen LogP contribution < -0.4 is 5.32 Å². The van der Waals surface area contributed by atoms with E-state index in [1.165, 1.54) is 0 Å². The lowest BCUT2D eigenvalue weighted by atomic mass is 10.1. The number of nitrogens with one attached hydrogen (secondary N) is 1. The van der Waals surface area contributed by atoms with Crippen LogP contribution in [0.25, 0.3) is 11.4 Å². The number of amides is 1. The maximum Gasteiger partial charge on any atom is 0.251 e. The second-order valence-electron chi connectivity index (χ2n) is 5.80. The van der Waals surface area contributed by atoms with Gasteiger partial charge < -0.3 is 5.32 Å². The van der Waals surface area contributed by atoms with Crippen molar-refractivity contribution in [3.8, 4) is 11.4 Å². The van der Waals surface area contributed by atoms with E-state index < -0.39 is 0 Å². The van der Waals surface area contributed by atoms with Gasteiger partial charge in [0.1, 0.15) is 0 Å². The van der Waals surface area contributed by atoms with E-state index in [0.717, 1.165) is 5.56 Å². The Morgan fingerprint density at radius 1 is 1.36 bits per heavy atom. The topological polar surface area (TPSA) is 90.5 Å². The second kappa shape index (κ2) is 7.43. The number of benzene rings is 1. The van der Waals surface area contributed by atoms with E-state index >= 15 is 0 Å². The zero-order valence-electron chi connectivity index (χ0n) is 13.9. The summed E-state index contributed by atoms with van der Waals surface area (Å²) in [6.45, 7) is 4.99. The van der Waals surface area contributed by atoms with Crippen molar-refractivity contribution in [3.05, 3.63) is 47.2 Å².